The second-order valence-electron chi connectivity index (χ2n) is 9.91. The standard InChI is InChI=1S/C31H39N3O5S/c1-6-24(3)32-31(36)28(20-25-15-8-7-9-16-25)33(21-26-17-11-10-14-23(26)2)30(35)22-34(40(5,37)38)27-18-12-13-19-29(27)39-4/h7-19,24,28H,6,20-22H2,1-5H3,(H,32,36). The highest BCUT2D eigenvalue weighted by Crippen LogP contribution is 2.30. The van der Waals surface area contributed by atoms with Gasteiger partial charge in [-0.15, -0.1) is 0 Å². The number of ether oxygens (including phenoxy) is 1. The van der Waals surface area contributed by atoms with Crippen LogP contribution in [0.3, 0.4) is 0 Å². The van der Waals surface area contributed by atoms with E-state index in [0.29, 0.717) is 5.75 Å². The molecular formula is C31H39N3O5S. The van der Waals surface area contributed by atoms with Crippen LogP contribution in [-0.4, -0.2) is 57.1 Å². The first-order valence-electron chi connectivity index (χ1n) is 13.3. The Bertz CT molecular complexity index is 1390. The van der Waals surface area contributed by atoms with Crippen LogP contribution in [0.4, 0.5) is 5.69 Å². The number of nitrogens with zero attached hydrogens (tertiary/aromatic N) is 2. The van der Waals surface area contributed by atoms with Crippen LogP contribution in [0.5, 0.6) is 5.75 Å². The Hall–Kier alpha value is -3.85. The fraction of sp³-hybridized carbons (Fsp3) is 0.355. The van der Waals surface area contributed by atoms with Gasteiger partial charge in [-0.1, -0.05) is 73.7 Å². The van der Waals surface area contributed by atoms with Crippen molar-refractivity contribution in [2.45, 2.75) is 52.2 Å². The van der Waals surface area contributed by atoms with Crippen molar-refractivity contribution in [2.75, 3.05) is 24.2 Å². The van der Waals surface area contributed by atoms with Crippen molar-refractivity contribution in [1.82, 2.24) is 10.2 Å². The molecule has 2 atom stereocenters. The van der Waals surface area contributed by atoms with Gasteiger partial charge in [0.05, 0.1) is 19.1 Å². The van der Waals surface area contributed by atoms with Gasteiger partial charge in [0.1, 0.15) is 18.3 Å². The number of hydrogen-bond donors (Lipinski definition) is 1. The summed E-state index contributed by atoms with van der Waals surface area (Å²) in [5.74, 6) is -0.468. The summed E-state index contributed by atoms with van der Waals surface area (Å²) in [6.07, 6.45) is 2.05. The molecule has 0 aliphatic rings. The van der Waals surface area contributed by atoms with Crippen LogP contribution >= 0.6 is 0 Å². The number of carbonyl (C=O) groups excluding carboxylic acids is 2. The maximum Gasteiger partial charge on any atom is 0.244 e. The predicted molar refractivity (Wildman–Crippen MR) is 159 cm³/mol. The Morgan fingerprint density at radius 2 is 1.57 bits per heavy atom. The highest BCUT2D eigenvalue weighted by atomic mass is 32.2. The number of carbonyl (C=O) groups is 2. The Balaban J connectivity index is 2.09. The molecule has 0 radical (unpaired) electrons. The summed E-state index contributed by atoms with van der Waals surface area (Å²) in [5, 5.41) is 3.03. The number of benzene rings is 3. The van der Waals surface area contributed by atoms with Crippen LogP contribution in [0.2, 0.25) is 0 Å². The molecule has 0 fully saturated rings. The number of anilines is 1. The molecule has 3 aromatic carbocycles. The predicted octanol–water partition coefficient (Wildman–Crippen LogP) is 4.32. The molecule has 0 aliphatic carbocycles. The molecule has 0 saturated carbocycles. The SMILES string of the molecule is CCC(C)NC(=O)C(Cc1ccccc1)N(Cc1ccccc1C)C(=O)CN(c1ccccc1OC)S(C)(=O)=O. The highest BCUT2D eigenvalue weighted by molar-refractivity contribution is 7.92. The minimum Gasteiger partial charge on any atom is -0.495 e. The van der Waals surface area contributed by atoms with Crippen LogP contribution in [0, 0.1) is 6.92 Å². The van der Waals surface area contributed by atoms with E-state index in [-0.39, 0.29) is 30.6 Å². The first-order chi connectivity index (χ1) is 19.0. The van der Waals surface area contributed by atoms with Crippen molar-refractivity contribution >= 4 is 27.5 Å². The first kappa shape index (κ1) is 30.7. The van der Waals surface area contributed by atoms with E-state index in [1.807, 2.05) is 75.4 Å². The number of sulfonamides is 1. The molecule has 3 rings (SSSR count). The third-order valence-electron chi connectivity index (χ3n) is 6.91. The van der Waals surface area contributed by atoms with E-state index in [9.17, 15) is 18.0 Å². The summed E-state index contributed by atoms with van der Waals surface area (Å²) >= 11 is 0. The monoisotopic (exact) mass is 565 g/mol. The maximum absolute atomic E-state index is 14.2. The average molecular weight is 566 g/mol. The topological polar surface area (TPSA) is 96.0 Å². The largest absolute Gasteiger partial charge is 0.495 e. The molecule has 0 saturated heterocycles. The molecule has 2 amide bonds. The number of aryl methyl sites for hydroxylation is 1. The lowest BCUT2D eigenvalue weighted by Crippen LogP contribution is -2.54. The lowest BCUT2D eigenvalue weighted by atomic mass is 10.0. The van der Waals surface area contributed by atoms with Gasteiger partial charge in [-0.05, 0) is 49.1 Å². The molecule has 2 unspecified atom stereocenters. The fourth-order valence-electron chi connectivity index (χ4n) is 4.40. The van der Waals surface area contributed by atoms with E-state index < -0.39 is 28.5 Å². The van der Waals surface area contributed by atoms with Crippen molar-refractivity contribution in [3.05, 3.63) is 95.6 Å². The van der Waals surface area contributed by atoms with Crippen molar-refractivity contribution in [2.24, 2.45) is 0 Å². The number of nitrogens with one attached hydrogen (secondary N) is 1. The Morgan fingerprint density at radius 1 is 0.950 bits per heavy atom. The number of hydrogen-bond acceptors (Lipinski definition) is 5. The van der Waals surface area contributed by atoms with Crippen molar-refractivity contribution in [1.29, 1.82) is 0 Å². The van der Waals surface area contributed by atoms with Crippen LogP contribution < -0.4 is 14.4 Å². The van der Waals surface area contributed by atoms with E-state index >= 15 is 0 Å². The Morgan fingerprint density at radius 3 is 2.20 bits per heavy atom. The Labute approximate surface area is 238 Å². The number of methoxy groups -OCH3 is 1. The van der Waals surface area contributed by atoms with Gasteiger partial charge in [0.2, 0.25) is 21.8 Å². The summed E-state index contributed by atoms with van der Waals surface area (Å²) in [4.78, 5) is 29.4. The molecule has 3 aromatic rings. The fourth-order valence-corrected chi connectivity index (χ4v) is 5.25. The smallest absolute Gasteiger partial charge is 0.244 e. The lowest BCUT2D eigenvalue weighted by molar-refractivity contribution is -0.140. The third kappa shape index (κ3) is 8.08. The molecule has 0 aliphatic heterocycles. The molecule has 9 heteroatoms. The van der Waals surface area contributed by atoms with Crippen molar-refractivity contribution in [3.63, 3.8) is 0 Å². The molecule has 40 heavy (non-hydrogen) atoms. The molecule has 1 N–H and O–H groups in total. The number of amides is 2. The minimum absolute atomic E-state index is 0.0951. The molecule has 8 nitrogen and oxygen atoms in total. The molecule has 0 aromatic heterocycles. The van der Waals surface area contributed by atoms with E-state index in [4.69, 9.17) is 4.74 Å². The molecule has 214 valence electrons. The lowest BCUT2D eigenvalue weighted by Gasteiger charge is -2.34. The maximum atomic E-state index is 14.2. The summed E-state index contributed by atoms with van der Waals surface area (Å²) in [7, 11) is -2.44. The van der Waals surface area contributed by atoms with E-state index in [1.54, 1.807) is 24.3 Å². The first-order valence-corrected chi connectivity index (χ1v) is 15.2. The van der Waals surface area contributed by atoms with E-state index in [0.717, 1.165) is 33.7 Å². The van der Waals surface area contributed by atoms with Crippen LogP contribution in [0.1, 0.15) is 37.0 Å². The molecule has 0 spiro atoms. The molecule has 0 heterocycles. The zero-order chi connectivity index (χ0) is 29.3. The van der Waals surface area contributed by atoms with Crippen molar-refractivity contribution in [3.8, 4) is 5.75 Å². The van der Waals surface area contributed by atoms with E-state index in [2.05, 4.69) is 5.32 Å². The van der Waals surface area contributed by atoms with Gasteiger partial charge in [-0.3, -0.25) is 13.9 Å². The van der Waals surface area contributed by atoms with Crippen molar-refractivity contribution < 1.29 is 22.7 Å². The van der Waals surface area contributed by atoms with Gasteiger partial charge in [-0.25, -0.2) is 8.42 Å². The summed E-state index contributed by atoms with van der Waals surface area (Å²) in [6, 6.07) is 22.8. The second kappa shape index (κ2) is 14.0. The number of para-hydroxylation sites is 2. The highest BCUT2D eigenvalue weighted by Gasteiger charge is 2.34. The second-order valence-corrected chi connectivity index (χ2v) is 11.8. The van der Waals surface area contributed by atoms with Crippen LogP contribution in [-0.2, 0) is 32.6 Å². The average Bonchev–Trinajstić information content (AvgIpc) is 2.94. The van der Waals surface area contributed by atoms with Gasteiger partial charge in [-0.2, -0.15) is 0 Å². The van der Waals surface area contributed by atoms with Gasteiger partial charge in [0, 0.05) is 19.0 Å². The quantitative estimate of drug-likeness (QED) is 0.333. The van der Waals surface area contributed by atoms with Crippen LogP contribution in [0.15, 0.2) is 78.9 Å². The normalized spacial score (nSPS) is 12.7. The van der Waals surface area contributed by atoms with Gasteiger partial charge in [0.15, 0.2) is 0 Å². The zero-order valence-electron chi connectivity index (χ0n) is 23.8. The Kier molecular flexibility index (Phi) is 10.7. The van der Waals surface area contributed by atoms with Gasteiger partial charge >= 0.3 is 0 Å². The molecule has 0 bridgehead atoms. The van der Waals surface area contributed by atoms with E-state index in [1.165, 1.54) is 12.0 Å². The third-order valence-corrected chi connectivity index (χ3v) is 8.03. The summed E-state index contributed by atoms with van der Waals surface area (Å²) in [6.45, 7) is 5.48. The number of rotatable bonds is 13. The minimum atomic E-state index is -3.88. The summed E-state index contributed by atoms with van der Waals surface area (Å²) < 4.78 is 32.4. The summed E-state index contributed by atoms with van der Waals surface area (Å²) in [5.41, 5.74) is 2.97. The zero-order valence-corrected chi connectivity index (χ0v) is 24.6. The molecular weight excluding hydrogens is 526 g/mol. The van der Waals surface area contributed by atoms with Gasteiger partial charge in [0.25, 0.3) is 0 Å². The van der Waals surface area contributed by atoms with Gasteiger partial charge < -0.3 is 15.0 Å². The van der Waals surface area contributed by atoms with Crippen LogP contribution in [0.25, 0.3) is 0 Å².